The van der Waals surface area contributed by atoms with E-state index in [1.165, 1.54) is 0 Å². The Bertz CT molecular complexity index is 606. The van der Waals surface area contributed by atoms with Crippen molar-refractivity contribution in [1.29, 1.82) is 0 Å². The van der Waals surface area contributed by atoms with Gasteiger partial charge in [0.2, 0.25) is 0 Å². The molecule has 0 aliphatic carbocycles. The molecule has 0 aliphatic rings. The van der Waals surface area contributed by atoms with Gasteiger partial charge in [-0.15, -0.1) is 0 Å². The lowest BCUT2D eigenvalue weighted by atomic mass is 10.0. The molecule has 104 valence electrons. The Morgan fingerprint density at radius 2 is 1.90 bits per heavy atom. The molecule has 0 radical (unpaired) electrons. The lowest BCUT2D eigenvalue weighted by Gasteiger charge is -2.12. The molecule has 0 N–H and O–H groups in total. The van der Waals surface area contributed by atoms with Gasteiger partial charge in [0.05, 0.1) is 3.57 Å². The molecule has 0 unspecified atom stereocenters. The maximum absolute atomic E-state index is 11.6. The average molecular weight is 380 g/mol. The molecule has 20 heavy (non-hydrogen) atoms. The monoisotopic (exact) mass is 380 g/mol. The van der Waals surface area contributed by atoms with Gasteiger partial charge in [-0.25, -0.2) is 0 Å². The van der Waals surface area contributed by atoms with Gasteiger partial charge < -0.3 is 4.74 Å². The van der Waals surface area contributed by atoms with Gasteiger partial charge in [-0.3, -0.25) is 4.79 Å². The van der Waals surface area contributed by atoms with E-state index in [9.17, 15) is 4.79 Å². The van der Waals surface area contributed by atoms with Crippen molar-refractivity contribution in [1.82, 2.24) is 0 Å². The van der Waals surface area contributed by atoms with Crippen molar-refractivity contribution in [2.24, 2.45) is 0 Å². The minimum Gasteiger partial charge on any atom is -0.488 e. The summed E-state index contributed by atoms with van der Waals surface area (Å²) in [5.74, 6) is 0.950. The van der Waals surface area contributed by atoms with Crippen LogP contribution in [0.25, 0.3) is 0 Å². The van der Waals surface area contributed by atoms with Gasteiger partial charge >= 0.3 is 0 Å². The van der Waals surface area contributed by atoms with E-state index in [0.29, 0.717) is 6.61 Å². The normalized spacial score (nSPS) is 10.3. The van der Waals surface area contributed by atoms with Crippen molar-refractivity contribution in [3.63, 3.8) is 0 Å². The Kier molecular flexibility index (Phi) is 5.17. The van der Waals surface area contributed by atoms with Gasteiger partial charge in [-0.05, 0) is 59.2 Å². The number of carbonyl (C=O) groups is 1. The van der Waals surface area contributed by atoms with Crippen LogP contribution >= 0.6 is 22.6 Å². The predicted molar refractivity (Wildman–Crippen MR) is 89.3 cm³/mol. The van der Waals surface area contributed by atoms with Gasteiger partial charge in [-0.1, -0.05) is 37.3 Å². The number of hydrogen-bond donors (Lipinski definition) is 0. The van der Waals surface area contributed by atoms with Gasteiger partial charge in [0, 0.05) is 5.56 Å². The second-order valence-electron chi connectivity index (χ2n) is 4.62. The van der Waals surface area contributed by atoms with E-state index in [0.717, 1.165) is 32.4 Å². The molecule has 0 heterocycles. The Balaban J connectivity index is 2.22. The number of aryl methyl sites for hydroxylation is 1. The molecule has 3 heteroatoms. The Morgan fingerprint density at radius 3 is 2.50 bits per heavy atom. The summed E-state index contributed by atoms with van der Waals surface area (Å²) < 4.78 is 6.85. The summed E-state index contributed by atoms with van der Waals surface area (Å²) in [5, 5.41) is 0. The number of benzene rings is 2. The fourth-order valence-corrected chi connectivity index (χ4v) is 2.68. The molecule has 0 atom stereocenters. The molecular formula is C17H17IO2. The second kappa shape index (κ2) is 6.88. The van der Waals surface area contributed by atoms with Crippen LogP contribution in [-0.4, -0.2) is 5.78 Å². The molecule has 2 nitrogen and oxygen atoms in total. The summed E-state index contributed by atoms with van der Waals surface area (Å²) in [6, 6.07) is 14.0. The minimum absolute atomic E-state index is 0.106. The molecule has 0 fully saturated rings. The zero-order valence-electron chi connectivity index (χ0n) is 11.7. The lowest BCUT2D eigenvalue weighted by molar-refractivity contribution is 0.101. The summed E-state index contributed by atoms with van der Waals surface area (Å²) in [4.78, 5) is 11.6. The molecule has 2 aromatic rings. The van der Waals surface area contributed by atoms with Crippen molar-refractivity contribution >= 4 is 28.4 Å². The highest BCUT2D eigenvalue weighted by Gasteiger charge is 2.11. The number of ether oxygens (including phenoxy) is 1. The summed E-state index contributed by atoms with van der Waals surface area (Å²) in [6.45, 7) is 4.20. The van der Waals surface area contributed by atoms with E-state index in [-0.39, 0.29) is 5.78 Å². The van der Waals surface area contributed by atoms with Crippen LogP contribution in [0.3, 0.4) is 0 Å². The molecule has 0 spiro atoms. The zero-order valence-corrected chi connectivity index (χ0v) is 13.8. The Morgan fingerprint density at radius 1 is 1.20 bits per heavy atom. The SMILES string of the molecule is CCc1cc(OCc2ccccc2)c(I)cc1C(C)=O. The number of hydrogen-bond acceptors (Lipinski definition) is 2. The predicted octanol–water partition coefficient (Wildman–Crippen LogP) is 4.64. The standard InChI is InChI=1S/C17H17IO2/c1-3-14-9-17(16(18)10-15(14)12(2)19)20-11-13-7-5-4-6-8-13/h4-10H,3,11H2,1-2H3. The van der Waals surface area contributed by atoms with Crippen LogP contribution in [0.5, 0.6) is 5.75 Å². The molecule has 2 rings (SSSR count). The highest BCUT2D eigenvalue weighted by Crippen LogP contribution is 2.27. The molecular weight excluding hydrogens is 363 g/mol. The van der Waals surface area contributed by atoms with Crippen molar-refractivity contribution in [2.45, 2.75) is 26.9 Å². The van der Waals surface area contributed by atoms with E-state index in [4.69, 9.17) is 4.74 Å². The molecule has 2 aromatic carbocycles. The largest absolute Gasteiger partial charge is 0.488 e. The van der Waals surface area contributed by atoms with Gasteiger partial charge in [0.25, 0.3) is 0 Å². The highest BCUT2D eigenvalue weighted by molar-refractivity contribution is 14.1. The lowest BCUT2D eigenvalue weighted by Crippen LogP contribution is -2.03. The Hall–Kier alpha value is -1.36. The van der Waals surface area contributed by atoms with Crippen molar-refractivity contribution in [3.05, 3.63) is 62.7 Å². The summed E-state index contributed by atoms with van der Waals surface area (Å²) in [6.07, 6.45) is 0.827. The third kappa shape index (κ3) is 3.60. The summed E-state index contributed by atoms with van der Waals surface area (Å²) in [7, 11) is 0. The first-order chi connectivity index (χ1) is 9.61. The van der Waals surface area contributed by atoms with E-state index >= 15 is 0 Å². The summed E-state index contributed by atoms with van der Waals surface area (Å²) in [5.41, 5.74) is 2.97. The van der Waals surface area contributed by atoms with Crippen LogP contribution in [0.15, 0.2) is 42.5 Å². The van der Waals surface area contributed by atoms with E-state index in [2.05, 4.69) is 29.5 Å². The molecule has 0 saturated carbocycles. The van der Waals surface area contributed by atoms with Crippen molar-refractivity contribution in [3.8, 4) is 5.75 Å². The van der Waals surface area contributed by atoms with E-state index in [1.807, 2.05) is 42.5 Å². The first-order valence-corrected chi connectivity index (χ1v) is 7.69. The maximum atomic E-state index is 11.6. The van der Waals surface area contributed by atoms with Crippen LogP contribution in [-0.2, 0) is 13.0 Å². The highest BCUT2D eigenvalue weighted by atomic mass is 127. The number of halogens is 1. The molecule has 0 bridgehead atoms. The first-order valence-electron chi connectivity index (χ1n) is 6.62. The van der Waals surface area contributed by atoms with E-state index in [1.54, 1.807) is 6.92 Å². The van der Waals surface area contributed by atoms with Gasteiger partial charge in [0.1, 0.15) is 12.4 Å². The smallest absolute Gasteiger partial charge is 0.160 e. The van der Waals surface area contributed by atoms with Crippen LogP contribution in [0, 0.1) is 3.57 Å². The van der Waals surface area contributed by atoms with Crippen LogP contribution in [0.2, 0.25) is 0 Å². The summed E-state index contributed by atoms with van der Waals surface area (Å²) >= 11 is 2.22. The van der Waals surface area contributed by atoms with Crippen LogP contribution < -0.4 is 4.74 Å². The quantitative estimate of drug-likeness (QED) is 0.558. The van der Waals surface area contributed by atoms with Crippen LogP contribution in [0.4, 0.5) is 0 Å². The fourth-order valence-electron chi connectivity index (χ4n) is 2.06. The Labute approximate surface area is 133 Å². The molecule has 0 saturated heterocycles. The molecule has 0 amide bonds. The number of ketones is 1. The van der Waals surface area contributed by atoms with Gasteiger partial charge in [-0.2, -0.15) is 0 Å². The van der Waals surface area contributed by atoms with Crippen LogP contribution in [0.1, 0.15) is 35.3 Å². The topological polar surface area (TPSA) is 26.3 Å². The number of Topliss-reactive ketones (excluding diaryl/α,β-unsaturated/α-hetero) is 1. The molecule has 0 aliphatic heterocycles. The fraction of sp³-hybridized carbons (Fsp3) is 0.235. The third-order valence-electron chi connectivity index (χ3n) is 3.16. The maximum Gasteiger partial charge on any atom is 0.160 e. The second-order valence-corrected chi connectivity index (χ2v) is 5.79. The first kappa shape index (κ1) is 15.0. The third-order valence-corrected chi connectivity index (χ3v) is 4.00. The molecule has 0 aromatic heterocycles. The minimum atomic E-state index is 0.106. The zero-order chi connectivity index (χ0) is 14.5. The number of rotatable bonds is 5. The van der Waals surface area contributed by atoms with Gasteiger partial charge in [0.15, 0.2) is 5.78 Å². The van der Waals surface area contributed by atoms with Crippen molar-refractivity contribution in [2.75, 3.05) is 0 Å². The average Bonchev–Trinajstić information content (AvgIpc) is 2.46. The van der Waals surface area contributed by atoms with Crippen molar-refractivity contribution < 1.29 is 9.53 Å². The van der Waals surface area contributed by atoms with E-state index < -0.39 is 0 Å². The number of carbonyl (C=O) groups excluding carboxylic acids is 1.